The van der Waals surface area contributed by atoms with Gasteiger partial charge in [0.05, 0.1) is 23.7 Å². The molecule has 9 heteroatoms. The molecule has 178 valence electrons. The Kier molecular flexibility index (Phi) is 6.43. The van der Waals surface area contributed by atoms with Gasteiger partial charge in [-0.3, -0.25) is 14.5 Å². The highest BCUT2D eigenvalue weighted by Gasteiger charge is 2.37. The molecule has 2 fully saturated rings. The monoisotopic (exact) mass is 481 g/mol. The van der Waals surface area contributed by atoms with Crippen LogP contribution in [-0.2, 0) is 22.7 Å². The number of methoxy groups -OCH3 is 1. The zero-order valence-corrected chi connectivity index (χ0v) is 19.9. The summed E-state index contributed by atoms with van der Waals surface area (Å²) in [6, 6.07) is 11.4. The molecule has 2 aliphatic rings. The number of pyridine rings is 1. The highest BCUT2D eigenvalue weighted by atomic mass is 35.5. The van der Waals surface area contributed by atoms with Crippen molar-refractivity contribution in [1.82, 2.24) is 24.1 Å². The summed E-state index contributed by atoms with van der Waals surface area (Å²) in [4.78, 5) is 36.3. The Hall–Kier alpha value is -3.10. The molecule has 2 aliphatic heterocycles. The number of likely N-dealkylation sites (tertiary alicyclic amines) is 1. The quantitative estimate of drug-likeness (QED) is 0.541. The molecule has 0 saturated carbocycles. The third-order valence-electron chi connectivity index (χ3n) is 6.63. The van der Waals surface area contributed by atoms with Crippen LogP contribution in [-0.4, -0.2) is 75.7 Å². The molecule has 2 aromatic heterocycles. The molecule has 1 unspecified atom stereocenters. The normalized spacial score (nSPS) is 19.2. The van der Waals surface area contributed by atoms with Crippen LogP contribution in [0.2, 0.25) is 5.02 Å². The number of carbonyl (C=O) groups is 2. The van der Waals surface area contributed by atoms with Gasteiger partial charge in [-0.1, -0.05) is 23.7 Å². The van der Waals surface area contributed by atoms with Gasteiger partial charge >= 0.3 is 0 Å². The average molecular weight is 482 g/mol. The first-order valence-electron chi connectivity index (χ1n) is 11.5. The van der Waals surface area contributed by atoms with Gasteiger partial charge in [-0.15, -0.1) is 0 Å². The van der Waals surface area contributed by atoms with Crippen molar-refractivity contribution in [1.29, 1.82) is 0 Å². The lowest BCUT2D eigenvalue weighted by Gasteiger charge is -2.35. The summed E-state index contributed by atoms with van der Waals surface area (Å²) < 4.78 is 7.13. The molecule has 34 heavy (non-hydrogen) atoms. The minimum Gasteiger partial charge on any atom is -0.497 e. The molecule has 0 bridgehead atoms. The first kappa shape index (κ1) is 22.7. The summed E-state index contributed by atoms with van der Waals surface area (Å²) in [5.74, 6) is 0.655. The van der Waals surface area contributed by atoms with Crippen LogP contribution < -0.4 is 4.74 Å². The molecular formula is C25H28ClN5O3. The standard InChI is InChI=1S/C25H28ClN5O3/c1-34-22-5-2-18(3-6-22)13-31-14-19(12-24(31)32)25(33)29-10-8-28(9-11-29)16-21-17-30-15-20(26)4-7-23(30)27-21/h2-7,15,17,19H,8-14,16H2,1H3. The smallest absolute Gasteiger partial charge is 0.228 e. The zero-order chi connectivity index (χ0) is 23.7. The Morgan fingerprint density at radius 3 is 2.56 bits per heavy atom. The molecule has 0 radical (unpaired) electrons. The third kappa shape index (κ3) is 4.88. The van der Waals surface area contributed by atoms with E-state index in [4.69, 9.17) is 16.3 Å². The van der Waals surface area contributed by atoms with Crippen molar-refractivity contribution in [3.8, 4) is 5.75 Å². The Balaban J connectivity index is 1.12. The van der Waals surface area contributed by atoms with Gasteiger partial charge in [0.2, 0.25) is 11.8 Å². The van der Waals surface area contributed by atoms with Crippen molar-refractivity contribution in [2.75, 3.05) is 39.8 Å². The van der Waals surface area contributed by atoms with Gasteiger partial charge in [-0.2, -0.15) is 0 Å². The number of benzene rings is 1. The van der Waals surface area contributed by atoms with Crippen LogP contribution >= 0.6 is 11.6 Å². The van der Waals surface area contributed by atoms with E-state index in [-0.39, 0.29) is 17.7 Å². The predicted octanol–water partition coefficient (Wildman–Crippen LogP) is 2.69. The van der Waals surface area contributed by atoms with Crippen molar-refractivity contribution in [3.05, 3.63) is 65.1 Å². The first-order valence-corrected chi connectivity index (χ1v) is 11.9. The maximum atomic E-state index is 13.1. The Labute approximate surface area is 203 Å². The molecule has 2 saturated heterocycles. The van der Waals surface area contributed by atoms with E-state index in [2.05, 4.69) is 9.88 Å². The van der Waals surface area contributed by atoms with Crippen LogP contribution in [0.1, 0.15) is 17.7 Å². The Morgan fingerprint density at radius 1 is 1.06 bits per heavy atom. The lowest BCUT2D eigenvalue weighted by molar-refractivity contribution is -0.137. The molecule has 4 heterocycles. The van der Waals surface area contributed by atoms with Crippen LogP contribution in [0.25, 0.3) is 5.65 Å². The van der Waals surface area contributed by atoms with Crippen molar-refractivity contribution in [3.63, 3.8) is 0 Å². The summed E-state index contributed by atoms with van der Waals surface area (Å²) in [5, 5.41) is 0.677. The van der Waals surface area contributed by atoms with Crippen molar-refractivity contribution < 1.29 is 14.3 Å². The number of carbonyl (C=O) groups excluding carboxylic acids is 2. The second-order valence-corrected chi connectivity index (χ2v) is 9.41. The largest absolute Gasteiger partial charge is 0.497 e. The average Bonchev–Trinajstić information content (AvgIpc) is 3.41. The van der Waals surface area contributed by atoms with E-state index in [9.17, 15) is 9.59 Å². The van der Waals surface area contributed by atoms with Crippen molar-refractivity contribution in [2.24, 2.45) is 5.92 Å². The van der Waals surface area contributed by atoms with Crippen LogP contribution in [0.5, 0.6) is 5.75 Å². The van der Waals surface area contributed by atoms with Crippen molar-refractivity contribution >= 4 is 29.1 Å². The molecule has 3 aromatic rings. The number of fused-ring (bicyclic) bond motifs is 1. The molecule has 0 N–H and O–H groups in total. The van der Waals surface area contributed by atoms with Gasteiger partial charge < -0.3 is 18.9 Å². The Bertz CT molecular complexity index is 1190. The second kappa shape index (κ2) is 9.64. The number of halogens is 1. The van der Waals surface area contributed by atoms with E-state index in [1.807, 2.05) is 58.1 Å². The van der Waals surface area contributed by atoms with E-state index in [1.165, 1.54) is 0 Å². The summed E-state index contributed by atoms with van der Waals surface area (Å²) in [6.07, 6.45) is 4.14. The number of imidazole rings is 1. The van der Waals surface area contributed by atoms with E-state index >= 15 is 0 Å². The first-order chi connectivity index (χ1) is 16.5. The highest BCUT2D eigenvalue weighted by Crippen LogP contribution is 2.24. The summed E-state index contributed by atoms with van der Waals surface area (Å²) in [7, 11) is 1.63. The molecule has 1 atom stereocenters. The fourth-order valence-electron chi connectivity index (χ4n) is 4.75. The van der Waals surface area contributed by atoms with Gasteiger partial charge in [-0.25, -0.2) is 4.98 Å². The number of hydrogen-bond acceptors (Lipinski definition) is 5. The van der Waals surface area contributed by atoms with E-state index in [0.29, 0.717) is 37.6 Å². The number of rotatable bonds is 6. The number of amides is 2. The number of ether oxygens (including phenoxy) is 1. The summed E-state index contributed by atoms with van der Waals surface area (Å²) in [5.41, 5.74) is 2.89. The molecule has 8 nitrogen and oxygen atoms in total. The van der Waals surface area contributed by atoms with Gasteiger partial charge in [-0.05, 0) is 29.8 Å². The number of piperazine rings is 1. The highest BCUT2D eigenvalue weighted by molar-refractivity contribution is 6.30. The van der Waals surface area contributed by atoms with Gasteiger partial charge in [0.1, 0.15) is 11.4 Å². The van der Waals surface area contributed by atoms with Gasteiger partial charge in [0.25, 0.3) is 0 Å². The SMILES string of the molecule is COc1ccc(CN2CC(C(=O)N3CCN(Cc4cn5cc(Cl)ccc5n4)CC3)CC2=O)cc1. The van der Waals surface area contributed by atoms with Gasteiger partial charge in [0.15, 0.2) is 0 Å². The molecule has 0 aliphatic carbocycles. The molecule has 0 spiro atoms. The van der Waals surface area contributed by atoms with Crippen LogP contribution in [0.15, 0.2) is 48.8 Å². The molecular weight excluding hydrogens is 454 g/mol. The lowest BCUT2D eigenvalue weighted by Crippen LogP contribution is -2.50. The van der Waals surface area contributed by atoms with E-state index < -0.39 is 0 Å². The number of nitrogens with zero attached hydrogens (tertiary/aromatic N) is 5. The maximum Gasteiger partial charge on any atom is 0.228 e. The van der Waals surface area contributed by atoms with Crippen LogP contribution in [0.4, 0.5) is 0 Å². The lowest BCUT2D eigenvalue weighted by atomic mass is 10.1. The fraction of sp³-hybridized carbons (Fsp3) is 0.400. The van der Waals surface area contributed by atoms with Crippen LogP contribution in [0.3, 0.4) is 0 Å². The molecule has 2 amide bonds. The van der Waals surface area contributed by atoms with E-state index in [0.717, 1.165) is 42.3 Å². The molecule has 1 aromatic carbocycles. The number of aromatic nitrogens is 2. The van der Waals surface area contributed by atoms with Crippen molar-refractivity contribution in [2.45, 2.75) is 19.5 Å². The summed E-state index contributed by atoms with van der Waals surface area (Å²) in [6.45, 7) is 4.65. The van der Waals surface area contributed by atoms with E-state index in [1.54, 1.807) is 12.0 Å². The minimum absolute atomic E-state index is 0.0414. The van der Waals surface area contributed by atoms with Gasteiger partial charge in [0, 0.05) is 64.6 Å². The zero-order valence-electron chi connectivity index (χ0n) is 19.2. The van der Waals surface area contributed by atoms with Crippen LogP contribution in [0, 0.1) is 5.92 Å². The predicted molar refractivity (Wildman–Crippen MR) is 129 cm³/mol. The third-order valence-corrected chi connectivity index (χ3v) is 6.85. The Morgan fingerprint density at radius 2 is 1.82 bits per heavy atom. The topological polar surface area (TPSA) is 70.4 Å². The minimum atomic E-state index is -0.263. The second-order valence-electron chi connectivity index (χ2n) is 8.97. The number of hydrogen-bond donors (Lipinski definition) is 0. The molecule has 5 rings (SSSR count). The fourth-order valence-corrected chi connectivity index (χ4v) is 4.92. The summed E-state index contributed by atoms with van der Waals surface area (Å²) >= 11 is 6.06. The maximum absolute atomic E-state index is 13.1.